The summed E-state index contributed by atoms with van der Waals surface area (Å²) in [6.45, 7) is 6.69. The van der Waals surface area contributed by atoms with Crippen molar-refractivity contribution in [2.75, 3.05) is 13.1 Å². The molecule has 0 radical (unpaired) electrons. The van der Waals surface area contributed by atoms with E-state index in [2.05, 4.69) is 15.5 Å². The number of carbonyl (C=O) groups excluding carboxylic acids is 2. The number of hydrogen-bond acceptors (Lipinski definition) is 5. The lowest BCUT2D eigenvalue weighted by atomic mass is 9.96. The van der Waals surface area contributed by atoms with Crippen molar-refractivity contribution >= 4 is 11.8 Å². The topological polar surface area (TPSA) is 88.3 Å². The molecule has 1 aliphatic heterocycles. The van der Waals surface area contributed by atoms with Gasteiger partial charge in [0, 0.05) is 36.9 Å². The van der Waals surface area contributed by atoms with E-state index >= 15 is 0 Å². The molecule has 2 aromatic rings. The molecule has 0 bridgehead atoms. The van der Waals surface area contributed by atoms with Crippen LogP contribution in [0, 0.1) is 5.82 Å². The minimum Gasteiger partial charge on any atom is -0.352 e. The third-order valence-corrected chi connectivity index (χ3v) is 4.65. The Balaban J connectivity index is 1.64. The molecule has 0 spiro atoms. The smallest absolute Gasteiger partial charge is 0.247 e. The average molecular weight is 388 g/mol. The number of carbonyl (C=O) groups is 2. The number of nitrogens with one attached hydrogen (secondary N) is 1. The second kappa shape index (κ2) is 8.08. The number of aryl methyl sites for hydroxylation is 1. The van der Waals surface area contributed by atoms with Crippen LogP contribution in [0.2, 0.25) is 0 Å². The largest absolute Gasteiger partial charge is 0.352 e. The lowest BCUT2D eigenvalue weighted by Gasteiger charge is -2.35. The van der Waals surface area contributed by atoms with Crippen molar-refractivity contribution in [3.05, 3.63) is 47.4 Å². The van der Waals surface area contributed by atoms with E-state index in [4.69, 9.17) is 4.52 Å². The van der Waals surface area contributed by atoms with Crippen LogP contribution < -0.4 is 5.32 Å². The van der Waals surface area contributed by atoms with Gasteiger partial charge < -0.3 is 14.7 Å². The molecule has 1 fully saturated rings. The summed E-state index contributed by atoms with van der Waals surface area (Å²) in [6, 6.07) is 5.10. The second-order valence-corrected chi connectivity index (χ2v) is 7.92. The first-order chi connectivity index (χ1) is 13.3. The summed E-state index contributed by atoms with van der Waals surface area (Å²) in [5, 5.41) is 6.68. The molecule has 1 aliphatic rings. The zero-order chi connectivity index (χ0) is 20.3. The molecule has 28 heavy (non-hydrogen) atoms. The Bertz CT molecular complexity index is 859. The normalized spacial score (nSPS) is 17.5. The van der Waals surface area contributed by atoms with E-state index in [9.17, 15) is 14.0 Å². The molecule has 150 valence electrons. The third-order valence-electron chi connectivity index (χ3n) is 4.65. The highest BCUT2D eigenvalue weighted by atomic mass is 19.1. The summed E-state index contributed by atoms with van der Waals surface area (Å²) in [7, 11) is 0. The number of rotatable bonds is 5. The molecule has 3 rings (SSSR count). The van der Waals surface area contributed by atoms with Crippen molar-refractivity contribution in [1.82, 2.24) is 20.4 Å². The highest BCUT2D eigenvalue weighted by Crippen LogP contribution is 2.26. The van der Waals surface area contributed by atoms with E-state index in [1.165, 1.54) is 17.0 Å². The minimum atomic E-state index is -0.946. The number of piperazine rings is 1. The van der Waals surface area contributed by atoms with Gasteiger partial charge >= 0.3 is 0 Å². The van der Waals surface area contributed by atoms with Crippen LogP contribution in [0.25, 0.3) is 0 Å². The van der Waals surface area contributed by atoms with Crippen LogP contribution in [0.3, 0.4) is 0 Å². The van der Waals surface area contributed by atoms with Crippen LogP contribution in [0.15, 0.2) is 28.8 Å². The van der Waals surface area contributed by atoms with Crippen LogP contribution in [0.1, 0.15) is 56.9 Å². The number of hydrogen-bond donors (Lipinski definition) is 1. The van der Waals surface area contributed by atoms with Gasteiger partial charge in [-0.3, -0.25) is 9.59 Å². The Morgan fingerprint density at radius 2 is 2.11 bits per heavy atom. The number of halogens is 1. The summed E-state index contributed by atoms with van der Waals surface area (Å²) in [5.74, 6) is 0.0546. The molecule has 0 saturated carbocycles. The van der Waals surface area contributed by atoms with Crippen molar-refractivity contribution in [3.8, 4) is 0 Å². The number of amides is 2. The van der Waals surface area contributed by atoms with Gasteiger partial charge in [0.1, 0.15) is 11.9 Å². The molecule has 1 N–H and O–H groups in total. The quantitative estimate of drug-likeness (QED) is 0.850. The van der Waals surface area contributed by atoms with E-state index < -0.39 is 11.9 Å². The molecule has 8 heteroatoms. The number of benzene rings is 1. The van der Waals surface area contributed by atoms with E-state index in [0.29, 0.717) is 37.6 Å². The fourth-order valence-corrected chi connectivity index (χ4v) is 3.14. The van der Waals surface area contributed by atoms with Crippen molar-refractivity contribution in [2.45, 2.75) is 51.5 Å². The van der Waals surface area contributed by atoms with Gasteiger partial charge in [0.25, 0.3) is 0 Å². The lowest BCUT2D eigenvalue weighted by molar-refractivity contribution is -0.143. The molecule has 2 amide bonds. The lowest BCUT2D eigenvalue weighted by Crippen LogP contribution is -2.52. The standard InChI is InChI=1S/C20H25FN4O3/c1-20(2,3)19-23-15(28-24-19)9-6-10-16(26)25-12-11-22-18(27)17(25)13-7-4-5-8-14(13)21/h4-5,7-8,17H,6,9-12H2,1-3H3,(H,22,27). The van der Waals surface area contributed by atoms with Gasteiger partial charge in [-0.1, -0.05) is 44.1 Å². The fourth-order valence-electron chi connectivity index (χ4n) is 3.14. The van der Waals surface area contributed by atoms with E-state index in [1.807, 2.05) is 20.8 Å². The van der Waals surface area contributed by atoms with Gasteiger partial charge in [-0.25, -0.2) is 4.39 Å². The van der Waals surface area contributed by atoms with Crippen molar-refractivity contribution in [3.63, 3.8) is 0 Å². The zero-order valence-electron chi connectivity index (χ0n) is 16.4. The maximum Gasteiger partial charge on any atom is 0.247 e. The van der Waals surface area contributed by atoms with E-state index in [0.717, 1.165) is 0 Å². The summed E-state index contributed by atoms with van der Waals surface area (Å²) in [4.78, 5) is 30.9. The van der Waals surface area contributed by atoms with Crippen molar-refractivity contribution < 1.29 is 18.5 Å². The molecule has 1 aromatic heterocycles. The van der Waals surface area contributed by atoms with E-state index in [-0.39, 0.29) is 29.2 Å². The molecule has 1 unspecified atom stereocenters. The maximum atomic E-state index is 14.2. The summed E-state index contributed by atoms with van der Waals surface area (Å²) >= 11 is 0. The zero-order valence-corrected chi connectivity index (χ0v) is 16.4. The summed E-state index contributed by atoms with van der Waals surface area (Å²) in [5.41, 5.74) is 0.00545. The first kappa shape index (κ1) is 20.0. The van der Waals surface area contributed by atoms with Crippen LogP contribution >= 0.6 is 0 Å². The van der Waals surface area contributed by atoms with Crippen molar-refractivity contribution in [2.24, 2.45) is 0 Å². The number of aromatic nitrogens is 2. The minimum absolute atomic E-state index is 0.196. The average Bonchev–Trinajstić information content (AvgIpc) is 3.11. The molecular formula is C20H25FN4O3. The van der Waals surface area contributed by atoms with Gasteiger partial charge in [0.05, 0.1) is 0 Å². The van der Waals surface area contributed by atoms with Crippen LogP contribution in [-0.2, 0) is 21.4 Å². The van der Waals surface area contributed by atoms with Crippen LogP contribution in [0.4, 0.5) is 4.39 Å². The summed E-state index contributed by atoms with van der Waals surface area (Å²) < 4.78 is 19.5. The van der Waals surface area contributed by atoms with Crippen LogP contribution in [0.5, 0.6) is 0 Å². The maximum absolute atomic E-state index is 14.2. The molecule has 0 aliphatic carbocycles. The molecule has 1 aromatic carbocycles. The van der Waals surface area contributed by atoms with Gasteiger partial charge in [0.15, 0.2) is 5.82 Å². The molecule has 7 nitrogen and oxygen atoms in total. The SMILES string of the molecule is CC(C)(C)c1noc(CCCC(=O)N2CCNC(=O)C2c2ccccc2F)n1. The highest BCUT2D eigenvalue weighted by Gasteiger charge is 2.35. The Morgan fingerprint density at radius 3 is 2.79 bits per heavy atom. The first-order valence-electron chi connectivity index (χ1n) is 9.42. The summed E-state index contributed by atoms with van der Waals surface area (Å²) in [6.07, 6.45) is 1.19. The first-order valence-corrected chi connectivity index (χ1v) is 9.42. The fraction of sp³-hybridized carbons (Fsp3) is 0.500. The van der Waals surface area contributed by atoms with E-state index in [1.54, 1.807) is 12.1 Å². The molecule has 2 heterocycles. The molecular weight excluding hydrogens is 363 g/mol. The second-order valence-electron chi connectivity index (χ2n) is 7.92. The van der Waals surface area contributed by atoms with Gasteiger partial charge in [0.2, 0.25) is 17.7 Å². The third kappa shape index (κ3) is 4.37. The molecule has 1 atom stereocenters. The van der Waals surface area contributed by atoms with Crippen LogP contribution in [-0.4, -0.2) is 39.9 Å². The Kier molecular flexibility index (Phi) is 5.76. The number of nitrogens with zero attached hydrogens (tertiary/aromatic N) is 3. The Hall–Kier alpha value is -2.77. The van der Waals surface area contributed by atoms with Crippen molar-refractivity contribution in [1.29, 1.82) is 0 Å². The van der Waals surface area contributed by atoms with Gasteiger partial charge in [-0.15, -0.1) is 0 Å². The monoisotopic (exact) mass is 388 g/mol. The Morgan fingerprint density at radius 1 is 1.36 bits per heavy atom. The Labute approximate surface area is 163 Å². The highest BCUT2D eigenvalue weighted by molar-refractivity contribution is 5.89. The van der Waals surface area contributed by atoms with Gasteiger partial charge in [-0.2, -0.15) is 4.98 Å². The molecule has 1 saturated heterocycles. The van der Waals surface area contributed by atoms with Gasteiger partial charge in [-0.05, 0) is 12.5 Å². The predicted octanol–water partition coefficient (Wildman–Crippen LogP) is 2.53. The predicted molar refractivity (Wildman–Crippen MR) is 99.8 cm³/mol.